The minimum absolute atomic E-state index is 1.07. The molecule has 0 amide bonds. The molecule has 0 saturated carbocycles. The fraction of sp³-hybridized carbons (Fsp3) is 0.846. The Morgan fingerprint density at radius 3 is 1.81 bits per heavy atom. The smallest absolute Gasteiger partial charge is 0.241 e. The van der Waals surface area contributed by atoms with Gasteiger partial charge in [0.25, 0.3) is 0 Å². The van der Waals surface area contributed by atoms with Crippen LogP contribution in [0, 0.1) is 0 Å². The Hall–Kier alpha value is -0.443. The molecule has 96 valence electrons. The van der Waals surface area contributed by atoms with E-state index in [0.717, 1.165) is 19.3 Å². The molecule has 0 fully saturated rings. The molecular formula is C13H29NOSi. The van der Waals surface area contributed by atoms with Crippen molar-refractivity contribution in [3.8, 4) is 0 Å². The largest absolute Gasteiger partial charge is 0.546 e. The van der Waals surface area contributed by atoms with Crippen LogP contribution in [0.25, 0.3) is 0 Å². The van der Waals surface area contributed by atoms with Gasteiger partial charge in [-0.3, -0.25) is 0 Å². The van der Waals surface area contributed by atoms with E-state index in [2.05, 4.69) is 52.5 Å². The van der Waals surface area contributed by atoms with E-state index in [4.69, 9.17) is 4.43 Å². The predicted octanol–water partition coefficient (Wildman–Crippen LogP) is 4.21. The van der Waals surface area contributed by atoms with Crippen LogP contribution in [-0.2, 0) is 4.43 Å². The first-order valence-electron chi connectivity index (χ1n) is 6.40. The monoisotopic (exact) mass is 243 g/mol. The van der Waals surface area contributed by atoms with Crippen molar-refractivity contribution in [2.45, 2.75) is 59.2 Å². The predicted molar refractivity (Wildman–Crippen MR) is 75.0 cm³/mol. The van der Waals surface area contributed by atoms with E-state index >= 15 is 0 Å². The van der Waals surface area contributed by atoms with Gasteiger partial charge in [0.2, 0.25) is 8.32 Å². The van der Waals surface area contributed by atoms with Gasteiger partial charge >= 0.3 is 0 Å². The average molecular weight is 243 g/mol. The first-order chi connectivity index (χ1) is 7.31. The molecule has 0 aliphatic heterocycles. The quantitative estimate of drug-likeness (QED) is 0.490. The summed E-state index contributed by atoms with van der Waals surface area (Å²) in [6.07, 6.45) is 4.52. The zero-order valence-corrected chi connectivity index (χ0v) is 13.2. The van der Waals surface area contributed by atoms with Gasteiger partial charge in [-0.2, -0.15) is 0 Å². The minimum Gasteiger partial charge on any atom is -0.546 e. The van der Waals surface area contributed by atoms with Crippen molar-refractivity contribution >= 4 is 8.32 Å². The SMILES string of the molecule is CCC/C(O[Si](C)(C)C)=C(/CCC)N(C)C. The third kappa shape index (κ3) is 6.21. The van der Waals surface area contributed by atoms with Crippen molar-refractivity contribution in [1.29, 1.82) is 0 Å². The summed E-state index contributed by atoms with van der Waals surface area (Å²) in [5.41, 5.74) is 1.38. The lowest BCUT2D eigenvalue weighted by Crippen LogP contribution is -2.27. The number of hydrogen-bond acceptors (Lipinski definition) is 2. The Labute approximate surface area is 103 Å². The number of hydrogen-bond donors (Lipinski definition) is 0. The molecule has 0 aromatic heterocycles. The molecule has 3 heteroatoms. The van der Waals surface area contributed by atoms with Crippen LogP contribution >= 0.6 is 0 Å². The van der Waals surface area contributed by atoms with Crippen molar-refractivity contribution < 1.29 is 4.43 Å². The summed E-state index contributed by atoms with van der Waals surface area (Å²) in [5.74, 6) is 1.23. The summed E-state index contributed by atoms with van der Waals surface area (Å²) < 4.78 is 6.23. The lowest BCUT2D eigenvalue weighted by molar-refractivity contribution is 0.350. The zero-order valence-electron chi connectivity index (χ0n) is 12.2. The summed E-state index contributed by atoms with van der Waals surface area (Å²) in [6.45, 7) is 11.2. The van der Waals surface area contributed by atoms with E-state index in [-0.39, 0.29) is 0 Å². The number of rotatable bonds is 7. The molecule has 0 radical (unpaired) electrons. The molecule has 0 unspecified atom stereocenters. The van der Waals surface area contributed by atoms with E-state index < -0.39 is 8.32 Å². The van der Waals surface area contributed by atoms with Gasteiger partial charge in [-0.15, -0.1) is 0 Å². The summed E-state index contributed by atoms with van der Waals surface area (Å²) in [5, 5.41) is 0. The van der Waals surface area contributed by atoms with Crippen molar-refractivity contribution in [3.63, 3.8) is 0 Å². The van der Waals surface area contributed by atoms with Crippen LogP contribution in [0.15, 0.2) is 11.5 Å². The highest BCUT2D eigenvalue weighted by Crippen LogP contribution is 2.23. The second-order valence-electron chi connectivity index (χ2n) is 5.48. The van der Waals surface area contributed by atoms with Crippen LogP contribution in [0.5, 0.6) is 0 Å². The molecule has 0 saturated heterocycles. The topological polar surface area (TPSA) is 12.5 Å². The second kappa shape index (κ2) is 7.00. The molecule has 2 nitrogen and oxygen atoms in total. The van der Waals surface area contributed by atoms with Crippen molar-refractivity contribution in [3.05, 3.63) is 11.5 Å². The maximum Gasteiger partial charge on any atom is 0.241 e. The van der Waals surface area contributed by atoms with Crippen molar-refractivity contribution in [1.82, 2.24) is 4.90 Å². The maximum absolute atomic E-state index is 6.23. The molecule has 0 rings (SSSR count). The number of nitrogens with zero attached hydrogens (tertiary/aromatic N) is 1. The fourth-order valence-corrected chi connectivity index (χ4v) is 2.66. The highest BCUT2D eigenvalue weighted by Gasteiger charge is 2.20. The second-order valence-corrected chi connectivity index (χ2v) is 9.91. The molecule has 0 bridgehead atoms. The minimum atomic E-state index is -1.48. The van der Waals surface area contributed by atoms with Gasteiger partial charge in [0.05, 0.1) is 5.76 Å². The third-order valence-corrected chi connectivity index (χ3v) is 3.11. The van der Waals surface area contributed by atoms with Crippen LogP contribution in [0.4, 0.5) is 0 Å². The molecule has 0 aromatic rings. The first-order valence-corrected chi connectivity index (χ1v) is 9.81. The Morgan fingerprint density at radius 1 is 1.00 bits per heavy atom. The third-order valence-electron chi connectivity index (χ3n) is 2.25. The Bertz CT molecular complexity index is 229. The van der Waals surface area contributed by atoms with Crippen molar-refractivity contribution in [2.75, 3.05) is 14.1 Å². The van der Waals surface area contributed by atoms with Gasteiger partial charge in [-0.25, -0.2) is 0 Å². The van der Waals surface area contributed by atoms with Gasteiger partial charge in [-0.05, 0) is 32.5 Å². The lowest BCUT2D eigenvalue weighted by atomic mass is 10.1. The van der Waals surface area contributed by atoms with Crippen molar-refractivity contribution in [2.24, 2.45) is 0 Å². The zero-order chi connectivity index (χ0) is 12.8. The standard InChI is InChI=1S/C13H29NOSi/c1-8-10-12(14(3)4)13(11-9-2)15-16(5,6)7/h8-11H2,1-7H3/b13-12+. The van der Waals surface area contributed by atoms with E-state index in [1.165, 1.54) is 17.9 Å². The summed E-state index contributed by atoms with van der Waals surface area (Å²) in [7, 11) is 2.76. The molecule has 0 aliphatic carbocycles. The molecule has 0 aromatic carbocycles. The van der Waals surface area contributed by atoms with Gasteiger partial charge in [-0.1, -0.05) is 20.3 Å². The van der Waals surface area contributed by atoms with E-state index in [1.54, 1.807) is 0 Å². The lowest BCUT2D eigenvalue weighted by Gasteiger charge is -2.27. The van der Waals surface area contributed by atoms with E-state index in [0.29, 0.717) is 0 Å². The molecule has 0 spiro atoms. The Kier molecular flexibility index (Phi) is 6.80. The molecule has 16 heavy (non-hydrogen) atoms. The van der Waals surface area contributed by atoms with Crippen LogP contribution in [0.3, 0.4) is 0 Å². The highest BCUT2D eigenvalue weighted by atomic mass is 28.4. The van der Waals surface area contributed by atoms with Gasteiger partial charge < -0.3 is 9.33 Å². The number of allylic oxidation sites excluding steroid dienone is 2. The molecular weight excluding hydrogens is 214 g/mol. The average Bonchev–Trinajstić information content (AvgIpc) is 2.10. The Balaban J connectivity index is 4.97. The van der Waals surface area contributed by atoms with Crippen LogP contribution in [0.2, 0.25) is 19.6 Å². The Morgan fingerprint density at radius 2 is 1.50 bits per heavy atom. The van der Waals surface area contributed by atoms with Gasteiger partial charge in [0, 0.05) is 26.2 Å². The normalized spacial score (nSPS) is 13.4. The molecule has 0 atom stereocenters. The maximum atomic E-state index is 6.23. The van der Waals surface area contributed by atoms with Gasteiger partial charge in [0.1, 0.15) is 0 Å². The molecule has 0 N–H and O–H groups in total. The van der Waals surface area contributed by atoms with Crippen LogP contribution < -0.4 is 0 Å². The van der Waals surface area contributed by atoms with E-state index in [1.807, 2.05) is 0 Å². The summed E-state index contributed by atoms with van der Waals surface area (Å²) >= 11 is 0. The van der Waals surface area contributed by atoms with Gasteiger partial charge in [0.15, 0.2) is 0 Å². The molecule has 0 aliphatic rings. The van der Waals surface area contributed by atoms with Crippen LogP contribution in [0.1, 0.15) is 39.5 Å². The van der Waals surface area contributed by atoms with E-state index in [9.17, 15) is 0 Å². The fourth-order valence-electron chi connectivity index (χ4n) is 1.70. The summed E-state index contributed by atoms with van der Waals surface area (Å²) in [4.78, 5) is 2.22. The summed E-state index contributed by atoms with van der Waals surface area (Å²) in [6, 6.07) is 0. The molecule has 0 heterocycles. The first kappa shape index (κ1) is 15.6. The van der Waals surface area contributed by atoms with Crippen LogP contribution in [-0.4, -0.2) is 27.3 Å². The highest BCUT2D eigenvalue weighted by molar-refractivity contribution is 6.70.